The molecular formula is C14H11BrFNOS. The number of amides is 1. The lowest BCUT2D eigenvalue weighted by molar-refractivity contribution is 0.102. The number of rotatable bonds is 3. The first-order chi connectivity index (χ1) is 9.11. The third kappa shape index (κ3) is 3.36. The Kier molecular flexibility index (Phi) is 4.61. The molecule has 1 N–H and O–H groups in total. The van der Waals surface area contributed by atoms with Crippen LogP contribution in [0.1, 0.15) is 10.4 Å². The molecule has 19 heavy (non-hydrogen) atoms. The van der Waals surface area contributed by atoms with Gasteiger partial charge in [0.2, 0.25) is 0 Å². The molecule has 0 aliphatic heterocycles. The first-order valence-electron chi connectivity index (χ1n) is 5.51. The van der Waals surface area contributed by atoms with E-state index in [1.165, 1.54) is 6.07 Å². The highest BCUT2D eigenvalue weighted by Gasteiger charge is 2.13. The van der Waals surface area contributed by atoms with E-state index in [-0.39, 0.29) is 10.0 Å². The van der Waals surface area contributed by atoms with Gasteiger partial charge in [-0.1, -0.05) is 12.1 Å². The number of carbonyl (C=O) groups excluding carboxylic acids is 1. The van der Waals surface area contributed by atoms with Gasteiger partial charge in [-0.3, -0.25) is 4.79 Å². The molecule has 0 bridgehead atoms. The van der Waals surface area contributed by atoms with Crippen molar-refractivity contribution in [3.8, 4) is 0 Å². The Balaban J connectivity index is 2.23. The zero-order valence-corrected chi connectivity index (χ0v) is 12.5. The minimum Gasteiger partial charge on any atom is -0.322 e. The maximum Gasteiger partial charge on any atom is 0.258 e. The van der Waals surface area contributed by atoms with E-state index in [1.54, 1.807) is 30.0 Å². The lowest BCUT2D eigenvalue weighted by atomic mass is 10.2. The second-order valence-electron chi connectivity index (χ2n) is 3.79. The van der Waals surface area contributed by atoms with E-state index < -0.39 is 11.7 Å². The van der Waals surface area contributed by atoms with Gasteiger partial charge in [-0.05, 0) is 52.5 Å². The normalized spacial score (nSPS) is 10.3. The maximum absolute atomic E-state index is 13.8. The summed E-state index contributed by atoms with van der Waals surface area (Å²) in [5.74, 6) is -1.02. The van der Waals surface area contributed by atoms with Gasteiger partial charge in [-0.2, -0.15) is 0 Å². The highest BCUT2D eigenvalue weighted by molar-refractivity contribution is 9.10. The van der Waals surface area contributed by atoms with Gasteiger partial charge in [0.1, 0.15) is 5.82 Å². The summed E-state index contributed by atoms with van der Waals surface area (Å²) >= 11 is 4.64. The zero-order chi connectivity index (χ0) is 13.8. The molecule has 0 saturated heterocycles. The van der Waals surface area contributed by atoms with Crippen LogP contribution >= 0.6 is 27.7 Å². The molecule has 5 heteroatoms. The van der Waals surface area contributed by atoms with E-state index in [4.69, 9.17) is 0 Å². The van der Waals surface area contributed by atoms with Crippen molar-refractivity contribution >= 4 is 39.3 Å². The van der Waals surface area contributed by atoms with E-state index in [1.807, 2.05) is 24.5 Å². The van der Waals surface area contributed by atoms with E-state index in [2.05, 4.69) is 21.2 Å². The molecule has 0 aliphatic rings. The summed E-state index contributed by atoms with van der Waals surface area (Å²) in [6.45, 7) is 0. The number of nitrogens with one attached hydrogen (secondary N) is 1. The number of carbonyl (C=O) groups is 1. The molecular weight excluding hydrogens is 329 g/mol. The molecule has 1 amide bonds. The first kappa shape index (κ1) is 14.1. The van der Waals surface area contributed by atoms with Crippen molar-refractivity contribution in [2.24, 2.45) is 0 Å². The Morgan fingerprint density at radius 3 is 2.74 bits per heavy atom. The van der Waals surface area contributed by atoms with Crippen molar-refractivity contribution in [1.29, 1.82) is 0 Å². The molecule has 0 unspecified atom stereocenters. The number of thioether (sulfide) groups is 1. The number of anilines is 1. The highest BCUT2D eigenvalue weighted by Crippen LogP contribution is 2.22. The third-order valence-corrected chi connectivity index (χ3v) is 3.86. The molecule has 2 nitrogen and oxygen atoms in total. The van der Waals surface area contributed by atoms with Crippen molar-refractivity contribution < 1.29 is 9.18 Å². The first-order valence-corrected chi connectivity index (χ1v) is 7.53. The van der Waals surface area contributed by atoms with Gasteiger partial charge in [0.25, 0.3) is 5.91 Å². The van der Waals surface area contributed by atoms with Crippen LogP contribution in [0, 0.1) is 5.82 Å². The van der Waals surface area contributed by atoms with Gasteiger partial charge in [-0.15, -0.1) is 11.8 Å². The predicted octanol–water partition coefficient (Wildman–Crippen LogP) is 4.56. The van der Waals surface area contributed by atoms with Crippen LogP contribution in [0.2, 0.25) is 0 Å². The lowest BCUT2D eigenvalue weighted by Crippen LogP contribution is -2.13. The predicted molar refractivity (Wildman–Crippen MR) is 80.3 cm³/mol. The second-order valence-corrected chi connectivity index (χ2v) is 5.52. The smallest absolute Gasteiger partial charge is 0.258 e. The van der Waals surface area contributed by atoms with Crippen molar-refractivity contribution in [3.63, 3.8) is 0 Å². The SMILES string of the molecule is CSc1cccc(NC(=O)c2cccc(Br)c2F)c1. The third-order valence-electron chi connectivity index (χ3n) is 2.52. The molecule has 98 valence electrons. The summed E-state index contributed by atoms with van der Waals surface area (Å²) in [5.41, 5.74) is 0.667. The van der Waals surface area contributed by atoms with E-state index in [9.17, 15) is 9.18 Å². The Morgan fingerprint density at radius 2 is 2.00 bits per heavy atom. The zero-order valence-electron chi connectivity index (χ0n) is 10.1. The van der Waals surface area contributed by atoms with Crippen molar-refractivity contribution in [1.82, 2.24) is 0 Å². The van der Waals surface area contributed by atoms with Gasteiger partial charge in [-0.25, -0.2) is 4.39 Å². The van der Waals surface area contributed by atoms with Crippen LogP contribution in [0.5, 0.6) is 0 Å². The van der Waals surface area contributed by atoms with Crippen molar-refractivity contribution in [2.75, 3.05) is 11.6 Å². The van der Waals surface area contributed by atoms with Crippen LogP contribution in [0.15, 0.2) is 51.8 Å². The van der Waals surface area contributed by atoms with Crippen molar-refractivity contribution in [2.45, 2.75) is 4.90 Å². The van der Waals surface area contributed by atoms with Crippen LogP contribution in [-0.2, 0) is 0 Å². The molecule has 0 aliphatic carbocycles. The molecule has 2 aromatic carbocycles. The minimum atomic E-state index is -0.555. The van der Waals surface area contributed by atoms with E-state index in [0.717, 1.165) is 4.90 Å². The summed E-state index contributed by atoms with van der Waals surface area (Å²) in [6.07, 6.45) is 1.95. The maximum atomic E-state index is 13.8. The largest absolute Gasteiger partial charge is 0.322 e. The summed E-state index contributed by atoms with van der Waals surface area (Å²) in [5, 5.41) is 2.69. The fourth-order valence-electron chi connectivity index (χ4n) is 1.58. The topological polar surface area (TPSA) is 29.1 Å². The Labute approximate surface area is 123 Å². The summed E-state index contributed by atoms with van der Waals surface area (Å²) < 4.78 is 14.1. The second kappa shape index (κ2) is 6.21. The average molecular weight is 340 g/mol. The lowest BCUT2D eigenvalue weighted by Gasteiger charge is -2.08. The van der Waals surface area contributed by atoms with Gasteiger partial charge >= 0.3 is 0 Å². The van der Waals surface area contributed by atoms with Crippen LogP contribution in [0.3, 0.4) is 0 Å². The van der Waals surface area contributed by atoms with Crippen LogP contribution in [0.25, 0.3) is 0 Å². The quantitative estimate of drug-likeness (QED) is 0.830. The number of hydrogen-bond acceptors (Lipinski definition) is 2. The van der Waals surface area contributed by atoms with Crippen LogP contribution in [-0.4, -0.2) is 12.2 Å². The number of hydrogen-bond donors (Lipinski definition) is 1. The average Bonchev–Trinajstić information content (AvgIpc) is 2.42. The fraction of sp³-hybridized carbons (Fsp3) is 0.0714. The van der Waals surface area contributed by atoms with E-state index >= 15 is 0 Å². The van der Waals surface area contributed by atoms with E-state index in [0.29, 0.717) is 5.69 Å². The molecule has 0 spiro atoms. The molecule has 0 heterocycles. The van der Waals surface area contributed by atoms with Crippen molar-refractivity contribution in [3.05, 3.63) is 58.3 Å². The number of halogens is 2. The molecule has 0 aromatic heterocycles. The monoisotopic (exact) mass is 339 g/mol. The Morgan fingerprint density at radius 1 is 1.26 bits per heavy atom. The molecule has 0 fully saturated rings. The van der Waals surface area contributed by atoms with Gasteiger partial charge in [0.15, 0.2) is 0 Å². The summed E-state index contributed by atoms with van der Waals surface area (Å²) in [6, 6.07) is 12.0. The van der Waals surface area contributed by atoms with Crippen LogP contribution < -0.4 is 5.32 Å². The summed E-state index contributed by atoms with van der Waals surface area (Å²) in [7, 11) is 0. The Bertz CT molecular complexity index is 618. The number of benzene rings is 2. The molecule has 0 saturated carbocycles. The minimum absolute atomic E-state index is 0.0175. The highest BCUT2D eigenvalue weighted by atomic mass is 79.9. The standard InChI is InChI=1S/C14H11BrFNOS/c1-19-10-5-2-4-9(8-10)17-14(18)11-6-3-7-12(15)13(11)16/h2-8H,1H3,(H,17,18). The van der Waals surface area contributed by atoms with Gasteiger partial charge < -0.3 is 5.32 Å². The van der Waals surface area contributed by atoms with Crippen LogP contribution in [0.4, 0.5) is 10.1 Å². The molecule has 2 rings (SSSR count). The molecule has 0 atom stereocenters. The molecule has 2 aromatic rings. The fourth-order valence-corrected chi connectivity index (χ4v) is 2.40. The molecule has 0 radical (unpaired) electrons. The Hall–Kier alpha value is -1.33. The summed E-state index contributed by atoms with van der Waals surface area (Å²) in [4.78, 5) is 13.0. The van der Waals surface area contributed by atoms with Gasteiger partial charge in [0, 0.05) is 10.6 Å². The van der Waals surface area contributed by atoms with Gasteiger partial charge in [0.05, 0.1) is 10.0 Å².